The number of carboxylic acids is 1. The molecule has 1 fully saturated rings. The Kier molecular flexibility index (Phi) is 12.1. The van der Waals surface area contributed by atoms with E-state index in [9.17, 15) is 15.0 Å². The predicted octanol–water partition coefficient (Wildman–Crippen LogP) is 0.118. The highest BCUT2D eigenvalue weighted by Crippen LogP contribution is 2.34. The van der Waals surface area contributed by atoms with Crippen molar-refractivity contribution in [2.45, 2.75) is 48.9 Å². The van der Waals surface area contributed by atoms with E-state index < -0.39 is 23.4 Å². The Morgan fingerprint density at radius 2 is 2.10 bits per heavy atom. The molecule has 0 amide bonds. The number of aliphatic hydroxyl groups excluding tert-OH is 1. The van der Waals surface area contributed by atoms with Gasteiger partial charge < -0.3 is 30.5 Å². The van der Waals surface area contributed by atoms with Crippen LogP contribution < -0.4 is 5.73 Å². The van der Waals surface area contributed by atoms with E-state index in [-0.39, 0.29) is 37.2 Å². The van der Waals surface area contributed by atoms with Crippen molar-refractivity contribution in [3.63, 3.8) is 0 Å². The lowest BCUT2D eigenvalue weighted by atomic mass is 9.67. The van der Waals surface area contributed by atoms with Crippen LogP contribution in [-0.2, 0) is 14.3 Å². The summed E-state index contributed by atoms with van der Waals surface area (Å²) in [6, 6.07) is 0. The van der Waals surface area contributed by atoms with E-state index in [0.717, 1.165) is 24.1 Å². The second kappa shape index (κ2) is 12.4. The minimum absolute atomic E-state index is 0. The van der Waals surface area contributed by atoms with Crippen molar-refractivity contribution in [1.29, 1.82) is 0 Å². The molecule has 1 heterocycles. The highest BCUT2D eigenvalue weighted by atomic mass is 35.5. The highest BCUT2D eigenvalue weighted by molar-refractivity contribution is 6.15. The van der Waals surface area contributed by atoms with Crippen molar-refractivity contribution in [2.24, 2.45) is 5.73 Å². The monoisotopic (exact) mass is 468 g/mol. The largest absolute Gasteiger partial charge is 0.480 e. The van der Waals surface area contributed by atoms with Gasteiger partial charge in [-0.05, 0) is 48.4 Å². The standard InChI is InChI=1S/C19H33BN2O6.2ClH/c1-27-16-10-13-5-7-22(12-14(13)11-19(16,26)28-2)8-6-18(21,17(24)25)15(20)4-3-9-23;;/h10-11,15-16,23,26H,3-9,12,20-21H2,1-2H3,(H,24,25);2*1H. The van der Waals surface area contributed by atoms with Crippen LogP contribution in [0.4, 0.5) is 0 Å². The number of carbonyl (C=O) groups is 1. The molecule has 1 aliphatic heterocycles. The molecule has 2 aliphatic rings. The molecule has 0 radical (unpaired) electrons. The summed E-state index contributed by atoms with van der Waals surface area (Å²) in [6.07, 6.45) is 5.24. The van der Waals surface area contributed by atoms with Gasteiger partial charge in [0.25, 0.3) is 0 Å². The Balaban J connectivity index is 0.00000420. The number of hydrogen-bond donors (Lipinski definition) is 4. The quantitative estimate of drug-likeness (QED) is 0.263. The van der Waals surface area contributed by atoms with Gasteiger partial charge in [0, 0.05) is 40.5 Å². The third-order valence-corrected chi connectivity index (χ3v) is 6.14. The SMILES string of the molecule is BC(CCCO)C(N)(CCN1CCC2=CC(OC)C(O)(OC)C=C2C1)C(=O)O.Cl.Cl. The summed E-state index contributed by atoms with van der Waals surface area (Å²) in [7, 11) is 4.80. The van der Waals surface area contributed by atoms with Crippen LogP contribution in [0.25, 0.3) is 0 Å². The number of aliphatic carboxylic acids is 1. The number of aliphatic hydroxyl groups is 2. The van der Waals surface area contributed by atoms with Gasteiger partial charge in [-0.1, -0.05) is 6.42 Å². The van der Waals surface area contributed by atoms with Crippen LogP contribution in [0.1, 0.15) is 25.7 Å². The van der Waals surface area contributed by atoms with Crippen molar-refractivity contribution in [1.82, 2.24) is 4.90 Å². The van der Waals surface area contributed by atoms with Gasteiger partial charge in [0.05, 0.1) is 0 Å². The lowest BCUT2D eigenvalue weighted by Gasteiger charge is -2.40. The molecule has 11 heteroatoms. The number of nitrogens with two attached hydrogens (primary N) is 1. The molecule has 2 rings (SSSR count). The van der Waals surface area contributed by atoms with Crippen LogP contribution in [0.5, 0.6) is 0 Å². The van der Waals surface area contributed by atoms with Gasteiger partial charge in [0.15, 0.2) is 0 Å². The molecule has 174 valence electrons. The van der Waals surface area contributed by atoms with Gasteiger partial charge in [-0.2, -0.15) is 0 Å². The van der Waals surface area contributed by atoms with E-state index in [2.05, 4.69) is 4.90 Å². The Morgan fingerprint density at radius 1 is 1.43 bits per heavy atom. The maximum absolute atomic E-state index is 11.8. The fraction of sp³-hybridized carbons (Fsp3) is 0.737. The molecule has 0 aromatic carbocycles. The molecular weight excluding hydrogens is 434 g/mol. The molecule has 0 spiro atoms. The molecule has 0 bridgehead atoms. The minimum Gasteiger partial charge on any atom is -0.480 e. The molecule has 4 atom stereocenters. The molecule has 5 N–H and O–H groups in total. The summed E-state index contributed by atoms with van der Waals surface area (Å²) in [5.41, 5.74) is 7.02. The number of fused-ring (bicyclic) bond motifs is 1. The number of rotatable bonds is 10. The molecule has 0 aromatic rings. The van der Waals surface area contributed by atoms with E-state index in [1.54, 1.807) is 6.08 Å². The molecule has 0 aromatic heterocycles. The van der Waals surface area contributed by atoms with Crippen molar-refractivity contribution < 1.29 is 29.6 Å². The fourth-order valence-electron chi connectivity index (χ4n) is 3.99. The second-order valence-electron chi connectivity index (χ2n) is 7.86. The van der Waals surface area contributed by atoms with E-state index >= 15 is 0 Å². The van der Waals surface area contributed by atoms with Crippen molar-refractivity contribution >= 4 is 38.6 Å². The number of carboxylic acid groups (broad SMARTS) is 1. The van der Waals surface area contributed by atoms with Crippen molar-refractivity contribution in [2.75, 3.05) is 40.5 Å². The topological polar surface area (TPSA) is 125 Å². The first-order chi connectivity index (χ1) is 13.2. The van der Waals surface area contributed by atoms with E-state index in [1.807, 2.05) is 13.9 Å². The maximum atomic E-state index is 11.8. The highest BCUT2D eigenvalue weighted by Gasteiger charge is 2.41. The number of halogens is 2. The first-order valence-electron chi connectivity index (χ1n) is 9.78. The van der Waals surface area contributed by atoms with Gasteiger partial charge in [0.2, 0.25) is 5.79 Å². The number of methoxy groups -OCH3 is 2. The fourth-order valence-corrected chi connectivity index (χ4v) is 3.99. The number of piperidine rings is 1. The van der Waals surface area contributed by atoms with Crippen LogP contribution in [0, 0.1) is 0 Å². The second-order valence-corrected chi connectivity index (χ2v) is 7.86. The number of hydrogen-bond acceptors (Lipinski definition) is 7. The first-order valence-corrected chi connectivity index (χ1v) is 9.78. The number of nitrogens with zero attached hydrogens (tertiary/aromatic N) is 1. The van der Waals surface area contributed by atoms with E-state index in [4.69, 9.17) is 20.3 Å². The smallest absolute Gasteiger partial charge is 0.323 e. The molecule has 8 nitrogen and oxygen atoms in total. The number of likely N-dealkylation sites (tertiary alicyclic amines) is 1. The van der Waals surface area contributed by atoms with E-state index in [1.165, 1.54) is 14.2 Å². The van der Waals surface area contributed by atoms with Gasteiger partial charge in [-0.3, -0.25) is 9.69 Å². The maximum Gasteiger partial charge on any atom is 0.323 e. The lowest BCUT2D eigenvalue weighted by molar-refractivity contribution is -0.203. The Morgan fingerprint density at radius 3 is 2.63 bits per heavy atom. The Labute approximate surface area is 191 Å². The molecule has 1 saturated heterocycles. The van der Waals surface area contributed by atoms with Crippen molar-refractivity contribution in [3.8, 4) is 0 Å². The van der Waals surface area contributed by atoms with Crippen molar-refractivity contribution in [3.05, 3.63) is 23.3 Å². The van der Waals surface area contributed by atoms with Gasteiger partial charge in [0.1, 0.15) is 19.5 Å². The molecule has 0 saturated carbocycles. The van der Waals surface area contributed by atoms with E-state index in [0.29, 0.717) is 32.4 Å². The average Bonchev–Trinajstić information content (AvgIpc) is 2.69. The first kappa shape index (κ1) is 29.4. The zero-order valence-electron chi connectivity index (χ0n) is 17.9. The van der Waals surface area contributed by atoms with Crippen LogP contribution in [0.3, 0.4) is 0 Å². The van der Waals surface area contributed by atoms with Gasteiger partial charge >= 0.3 is 5.97 Å². The summed E-state index contributed by atoms with van der Waals surface area (Å²) >= 11 is 0. The Bertz CT molecular complexity index is 638. The zero-order valence-corrected chi connectivity index (χ0v) is 19.5. The number of ether oxygens (including phenoxy) is 2. The summed E-state index contributed by atoms with van der Waals surface area (Å²) < 4.78 is 10.6. The molecule has 4 unspecified atom stereocenters. The third kappa shape index (κ3) is 6.43. The summed E-state index contributed by atoms with van der Waals surface area (Å²) in [5.74, 6) is -2.76. The molecule has 30 heavy (non-hydrogen) atoms. The minimum atomic E-state index is -1.51. The summed E-state index contributed by atoms with van der Waals surface area (Å²) in [6.45, 7) is 1.94. The summed E-state index contributed by atoms with van der Waals surface area (Å²) in [4.78, 5) is 14.0. The normalized spacial score (nSPS) is 26.8. The summed E-state index contributed by atoms with van der Waals surface area (Å²) in [5, 5.41) is 29.3. The molecular formula is C19H35BCl2N2O6. The van der Waals surface area contributed by atoms with Crippen LogP contribution in [-0.4, -0.2) is 91.9 Å². The van der Waals surface area contributed by atoms with Gasteiger partial charge in [-0.15, -0.1) is 24.8 Å². The Hall–Kier alpha value is -0.645. The third-order valence-electron chi connectivity index (χ3n) is 6.14. The van der Waals surface area contributed by atoms with Gasteiger partial charge in [-0.25, -0.2) is 0 Å². The predicted molar refractivity (Wildman–Crippen MR) is 122 cm³/mol. The van der Waals surface area contributed by atoms with Crippen LogP contribution in [0.15, 0.2) is 23.3 Å². The van der Waals surface area contributed by atoms with Crippen LogP contribution in [0.2, 0.25) is 5.82 Å². The average molecular weight is 469 g/mol. The molecule has 1 aliphatic carbocycles. The van der Waals surface area contributed by atoms with Crippen LogP contribution >= 0.6 is 24.8 Å². The zero-order chi connectivity index (χ0) is 20.9. The lowest BCUT2D eigenvalue weighted by Crippen LogP contribution is -2.54.